The van der Waals surface area contributed by atoms with E-state index in [-0.39, 0.29) is 11.3 Å². The normalized spacial score (nSPS) is 9.83. The van der Waals surface area contributed by atoms with E-state index in [0.717, 1.165) is 0 Å². The summed E-state index contributed by atoms with van der Waals surface area (Å²) in [5.41, 5.74) is 11.0. The van der Waals surface area contributed by atoms with Gasteiger partial charge in [0.05, 0.1) is 16.3 Å². The number of benzene rings is 1. The summed E-state index contributed by atoms with van der Waals surface area (Å²) in [5.74, 6) is -0.587. The Bertz CT molecular complexity index is 340. The Balaban J connectivity index is 3.37. The van der Waals surface area contributed by atoms with E-state index in [4.69, 9.17) is 23.1 Å². The Morgan fingerprint density at radius 2 is 2.08 bits per heavy atom. The van der Waals surface area contributed by atoms with E-state index >= 15 is 0 Å². The van der Waals surface area contributed by atoms with Crippen LogP contribution in [0.2, 0.25) is 5.02 Å². The van der Waals surface area contributed by atoms with Crippen molar-refractivity contribution in [3.05, 3.63) is 27.2 Å². The molecule has 12 heavy (non-hydrogen) atoms. The summed E-state index contributed by atoms with van der Waals surface area (Å²) in [6.45, 7) is 0. The van der Waals surface area contributed by atoms with Crippen LogP contribution in [0, 0.1) is 0 Å². The maximum absolute atomic E-state index is 10.8. The van der Waals surface area contributed by atoms with E-state index < -0.39 is 5.91 Å². The lowest BCUT2D eigenvalue weighted by Gasteiger charge is -2.03. The molecule has 64 valence electrons. The van der Waals surface area contributed by atoms with E-state index in [9.17, 15) is 4.79 Å². The smallest absolute Gasteiger partial charge is 0.250 e. The van der Waals surface area contributed by atoms with Gasteiger partial charge in [0, 0.05) is 4.47 Å². The molecule has 0 unspecified atom stereocenters. The van der Waals surface area contributed by atoms with Crippen molar-refractivity contribution >= 4 is 39.1 Å². The second kappa shape index (κ2) is 3.33. The Kier molecular flexibility index (Phi) is 2.59. The summed E-state index contributed by atoms with van der Waals surface area (Å²) < 4.78 is 0.676. The fraction of sp³-hybridized carbons (Fsp3) is 0. The summed E-state index contributed by atoms with van der Waals surface area (Å²) in [6.07, 6.45) is 0. The average molecular weight is 249 g/mol. The van der Waals surface area contributed by atoms with Crippen molar-refractivity contribution in [2.75, 3.05) is 5.73 Å². The van der Waals surface area contributed by atoms with Crippen LogP contribution in [0.4, 0.5) is 5.69 Å². The lowest BCUT2D eigenvalue weighted by atomic mass is 10.2. The molecule has 0 aliphatic heterocycles. The summed E-state index contributed by atoms with van der Waals surface area (Å²) in [4.78, 5) is 10.8. The molecule has 0 fully saturated rings. The predicted molar refractivity (Wildman–Crippen MR) is 52.1 cm³/mol. The minimum Gasteiger partial charge on any atom is -0.397 e. The second-order valence-electron chi connectivity index (χ2n) is 2.21. The molecule has 0 spiro atoms. The molecule has 0 aliphatic rings. The lowest BCUT2D eigenvalue weighted by Crippen LogP contribution is -2.13. The van der Waals surface area contributed by atoms with Gasteiger partial charge in [-0.25, -0.2) is 0 Å². The number of carbonyl (C=O) groups excluding carboxylic acids is 1. The topological polar surface area (TPSA) is 69.1 Å². The minimum absolute atomic E-state index is 0.215. The molecule has 1 rings (SSSR count). The Labute approximate surface area is 82.8 Å². The highest BCUT2D eigenvalue weighted by molar-refractivity contribution is 9.10. The Hall–Kier alpha value is -0.740. The van der Waals surface area contributed by atoms with Crippen LogP contribution in [0.15, 0.2) is 16.6 Å². The monoisotopic (exact) mass is 248 g/mol. The Morgan fingerprint density at radius 3 is 2.58 bits per heavy atom. The summed E-state index contributed by atoms with van der Waals surface area (Å²) in [7, 11) is 0. The number of nitrogen functional groups attached to an aromatic ring is 1. The van der Waals surface area contributed by atoms with Gasteiger partial charge in [-0.15, -0.1) is 0 Å². The first-order valence-electron chi connectivity index (χ1n) is 3.06. The third-order valence-electron chi connectivity index (χ3n) is 1.36. The van der Waals surface area contributed by atoms with E-state index in [1.807, 2.05) is 0 Å². The zero-order valence-corrected chi connectivity index (χ0v) is 8.32. The summed E-state index contributed by atoms with van der Waals surface area (Å²) in [5, 5.41) is 0.318. The van der Waals surface area contributed by atoms with Gasteiger partial charge in [-0.3, -0.25) is 4.79 Å². The SMILES string of the molecule is NC(=O)c1cc(Br)cc(Cl)c1N. The number of carbonyl (C=O) groups is 1. The van der Waals surface area contributed by atoms with Crippen molar-refractivity contribution in [1.82, 2.24) is 0 Å². The van der Waals surface area contributed by atoms with Gasteiger partial charge in [-0.2, -0.15) is 0 Å². The summed E-state index contributed by atoms with van der Waals surface area (Å²) >= 11 is 8.87. The number of anilines is 1. The molecule has 0 aliphatic carbocycles. The first kappa shape index (κ1) is 9.35. The highest BCUT2D eigenvalue weighted by Crippen LogP contribution is 2.27. The van der Waals surface area contributed by atoms with E-state index in [0.29, 0.717) is 9.50 Å². The van der Waals surface area contributed by atoms with Gasteiger partial charge in [-0.1, -0.05) is 27.5 Å². The molecule has 1 aromatic rings. The first-order chi connectivity index (χ1) is 5.52. The number of primary amides is 1. The minimum atomic E-state index is -0.587. The van der Waals surface area contributed by atoms with Crippen LogP contribution in [0.3, 0.4) is 0 Å². The maximum Gasteiger partial charge on any atom is 0.250 e. The molecule has 5 heteroatoms. The van der Waals surface area contributed by atoms with E-state index in [1.165, 1.54) is 6.07 Å². The van der Waals surface area contributed by atoms with Crippen molar-refractivity contribution < 1.29 is 4.79 Å². The molecule has 3 nitrogen and oxygen atoms in total. The molecule has 0 atom stereocenters. The van der Waals surface area contributed by atoms with Crippen LogP contribution in [0.1, 0.15) is 10.4 Å². The maximum atomic E-state index is 10.8. The largest absolute Gasteiger partial charge is 0.397 e. The van der Waals surface area contributed by atoms with Gasteiger partial charge < -0.3 is 11.5 Å². The zero-order chi connectivity index (χ0) is 9.30. The van der Waals surface area contributed by atoms with Crippen molar-refractivity contribution in [2.24, 2.45) is 5.73 Å². The van der Waals surface area contributed by atoms with Crippen molar-refractivity contribution in [1.29, 1.82) is 0 Å². The number of hydrogen-bond acceptors (Lipinski definition) is 2. The third kappa shape index (κ3) is 1.70. The third-order valence-corrected chi connectivity index (χ3v) is 2.13. The molecule has 1 amide bonds. The standard InChI is InChI=1S/C7H6BrClN2O/c8-3-1-4(7(11)12)6(10)5(9)2-3/h1-2H,10H2,(H2,11,12). The first-order valence-corrected chi connectivity index (χ1v) is 4.24. The number of rotatable bonds is 1. The number of hydrogen-bond donors (Lipinski definition) is 2. The van der Waals surface area contributed by atoms with Gasteiger partial charge in [0.25, 0.3) is 5.91 Å². The fourth-order valence-corrected chi connectivity index (χ4v) is 1.60. The quantitative estimate of drug-likeness (QED) is 0.745. The van der Waals surface area contributed by atoms with Crippen LogP contribution < -0.4 is 11.5 Å². The molecule has 0 radical (unpaired) electrons. The van der Waals surface area contributed by atoms with E-state index in [1.54, 1.807) is 6.07 Å². The molecule has 0 saturated heterocycles. The van der Waals surface area contributed by atoms with Crippen molar-refractivity contribution in [3.8, 4) is 0 Å². The Morgan fingerprint density at radius 1 is 1.50 bits per heavy atom. The molecule has 0 heterocycles. The van der Waals surface area contributed by atoms with Gasteiger partial charge >= 0.3 is 0 Å². The zero-order valence-electron chi connectivity index (χ0n) is 5.97. The van der Waals surface area contributed by atoms with Crippen LogP contribution in [0.5, 0.6) is 0 Å². The van der Waals surface area contributed by atoms with Gasteiger partial charge in [0.15, 0.2) is 0 Å². The highest BCUT2D eigenvalue weighted by atomic mass is 79.9. The second-order valence-corrected chi connectivity index (χ2v) is 3.54. The molecule has 4 N–H and O–H groups in total. The number of nitrogens with two attached hydrogens (primary N) is 2. The van der Waals surface area contributed by atoms with Crippen molar-refractivity contribution in [3.63, 3.8) is 0 Å². The molecule has 1 aromatic carbocycles. The van der Waals surface area contributed by atoms with E-state index in [2.05, 4.69) is 15.9 Å². The summed E-state index contributed by atoms with van der Waals surface area (Å²) in [6, 6.07) is 3.13. The van der Waals surface area contributed by atoms with Crippen LogP contribution in [-0.4, -0.2) is 5.91 Å². The lowest BCUT2D eigenvalue weighted by molar-refractivity contribution is 0.100. The van der Waals surface area contributed by atoms with Gasteiger partial charge in [0.2, 0.25) is 0 Å². The number of halogens is 2. The molecule has 0 bridgehead atoms. The molecule has 0 aromatic heterocycles. The molecule has 0 saturated carbocycles. The van der Waals surface area contributed by atoms with Gasteiger partial charge in [0.1, 0.15) is 0 Å². The molecular weight excluding hydrogens is 243 g/mol. The van der Waals surface area contributed by atoms with Crippen molar-refractivity contribution in [2.45, 2.75) is 0 Å². The number of amides is 1. The average Bonchev–Trinajstić information content (AvgIpc) is 1.96. The van der Waals surface area contributed by atoms with Crippen LogP contribution in [-0.2, 0) is 0 Å². The highest BCUT2D eigenvalue weighted by Gasteiger charge is 2.09. The van der Waals surface area contributed by atoms with Gasteiger partial charge in [-0.05, 0) is 12.1 Å². The fourth-order valence-electron chi connectivity index (χ4n) is 0.789. The predicted octanol–water partition coefficient (Wildman–Crippen LogP) is 1.78. The van der Waals surface area contributed by atoms with Crippen LogP contribution in [0.25, 0.3) is 0 Å². The van der Waals surface area contributed by atoms with Crippen LogP contribution >= 0.6 is 27.5 Å². The molecular formula is C7H6BrClN2O.